The van der Waals surface area contributed by atoms with Gasteiger partial charge < -0.3 is 24.8 Å². The topological polar surface area (TPSA) is 79.2 Å². The average molecular weight is 531 g/mol. The summed E-state index contributed by atoms with van der Waals surface area (Å²) < 4.78 is 11.8. The first kappa shape index (κ1) is 28.8. The van der Waals surface area contributed by atoms with Crippen molar-refractivity contribution in [3.8, 4) is 0 Å². The minimum Gasteiger partial charge on any atom is -0.388 e. The monoisotopic (exact) mass is 530 g/mol. The second-order valence-corrected chi connectivity index (χ2v) is 14.6. The molecule has 0 spiro atoms. The standard InChI is InChI=1S/C33H54O5/c1-19(2)20(3)7-8-21(4)25-11-12-26-24-10-9-22-17-23(38-31-30(36)29(35)28(34)18-37-31)13-15-32(22,5)27(24)14-16-33(25,26)6/h7-8,10,19-23,25-31,34-36H,9,11-18H2,1-6H3/b8-7+/t20-,21+,22+,23-,25+,26-,27-,28+,29-,30+,31-,32-,33+/m0/s1. The van der Waals surface area contributed by atoms with E-state index in [2.05, 4.69) is 59.8 Å². The highest BCUT2D eigenvalue weighted by atomic mass is 16.7. The van der Waals surface area contributed by atoms with E-state index in [0.717, 1.165) is 37.5 Å². The van der Waals surface area contributed by atoms with Crippen molar-refractivity contribution in [2.45, 2.75) is 124 Å². The molecule has 5 heteroatoms. The van der Waals surface area contributed by atoms with Gasteiger partial charge in [0, 0.05) is 0 Å². The average Bonchev–Trinajstić information content (AvgIpc) is 3.24. The molecule has 0 bridgehead atoms. The number of aliphatic hydroxyl groups excluding tert-OH is 3. The van der Waals surface area contributed by atoms with Crippen LogP contribution in [0.15, 0.2) is 23.8 Å². The number of hydrogen-bond acceptors (Lipinski definition) is 5. The van der Waals surface area contributed by atoms with Crippen LogP contribution in [0.2, 0.25) is 0 Å². The third-order valence-electron chi connectivity index (χ3n) is 12.3. The van der Waals surface area contributed by atoms with Crippen LogP contribution in [0.1, 0.15) is 92.9 Å². The lowest BCUT2D eigenvalue weighted by Crippen LogP contribution is -2.55. The van der Waals surface area contributed by atoms with E-state index >= 15 is 0 Å². The molecule has 216 valence electrons. The number of aliphatic hydroxyl groups is 3. The van der Waals surface area contributed by atoms with Crippen molar-refractivity contribution < 1.29 is 24.8 Å². The summed E-state index contributed by atoms with van der Waals surface area (Å²) in [4.78, 5) is 0. The van der Waals surface area contributed by atoms with Crippen molar-refractivity contribution in [3.05, 3.63) is 23.8 Å². The van der Waals surface area contributed by atoms with Gasteiger partial charge in [0.15, 0.2) is 6.29 Å². The van der Waals surface area contributed by atoms with Gasteiger partial charge in [-0.05, 0) is 104 Å². The van der Waals surface area contributed by atoms with Crippen molar-refractivity contribution in [1.82, 2.24) is 0 Å². The van der Waals surface area contributed by atoms with Gasteiger partial charge in [-0.2, -0.15) is 0 Å². The minimum absolute atomic E-state index is 0.00274. The van der Waals surface area contributed by atoms with Crippen molar-refractivity contribution >= 4 is 0 Å². The lowest BCUT2D eigenvalue weighted by atomic mass is 9.47. The van der Waals surface area contributed by atoms with Crippen molar-refractivity contribution in [2.24, 2.45) is 52.3 Å². The molecule has 3 N–H and O–H groups in total. The summed E-state index contributed by atoms with van der Waals surface area (Å²) in [6.45, 7) is 14.6. The fourth-order valence-corrected chi connectivity index (χ4v) is 9.30. The molecule has 0 radical (unpaired) electrons. The Hall–Kier alpha value is -0.720. The fraction of sp³-hybridized carbons (Fsp3) is 0.879. The maximum atomic E-state index is 10.4. The Bertz CT molecular complexity index is 898. The van der Waals surface area contributed by atoms with E-state index in [4.69, 9.17) is 9.47 Å². The molecule has 4 aliphatic carbocycles. The van der Waals surface area contributed by atoms with Gasteiger partial charge in [0.05, 0.1) is 12.7 Å². The lowest BCUT2D eigenvalue weighted by molar-refractivity contribution is -0.288. The van der Waals surface area contributed by atoms with Crippen molar-refractivity contribution in [3.63, 3.8) is 0 Å². The van der Waals surface area contributed by atoms with Gasteiger partial charge in [0.2, 0.25) is 0 Å². The molecular formula is C33H54O5. The summed E-state index contributed by atoms with van der Waals surface area (Å²) in [5.41, 5.74) is 2.51. The first-order valence-corrected chi connectivity index (χ1v) is 15.6. The van der Waals surface area contributed by atoms with Crippen LogP contribution in [0.4, 0.5) is 0 Å². The second-order valence-electron chi connectivity index (χ2n) is 14.6. The maximum absolute atomic E-state index is 10.4. The highest BCUT2D eigenvalue weighted by Gasteiger charge is 2.58. The Kier molecular flexibility index (Phi) is 8.28. The van der Waals surface area contributed by atoms with E-state index in [1.165, 1.54) is 25.7 Å². The minimum atomic E-state index is -1.22. The molecule has 1 saturated heterocycles. The van der Waals surface area contributed by atoms with Crippen LogP contribution in [-0.2, 0) is 9.47 Å². The van der Waals surface area contributed by atoms with Gasteiger partial charge in [-0.15, -0.1) is 0 Å². The fourth-order valence-electron chi connectivity index (χ4n) is 9.30. The molecule has 0 aromatic carbocycles. The maximum Gasteiger partial charge on any atom is 0.186 e. The second kappa shape index (κ2) is 10.9. The quantitative estimate of drug-likeness (QED) is 0.374. The van der Waals surface area contributed by atoms with E-state index in [-0.39, 0.29) is 12.7 Å². The highest BCUT2D eigenvalue weighted by Crippen LogP contribution is 2.67. The Morgan fingerprint density at radius 3 is 2.37 bits per heavy atom. The SMILES string of the molecule is CC(C)[C@@H](C)/C=C/[C@@H](C)[C@H]1CC[C@H]2C3=CC[C@@H]4C[C@@H](O[C@@H]5OC[C@@H](O)[C@H](O)[C@H]5O)CC[C@]4(C)[C@H]3CC[C@]12C. The molecular weight excluding hydrogens is 476 g/mol. The highest BCUT2D eigenvalue weighted by molar-refractivity contribution is 5.28. The van der Waals surface area contributed by atoms with Gasteiger partial charge >= 0.3 is 0 Å². The van der Waals surface area contributed by atoms with E-state index in [1.807, 2.05) is 0 Å². The first-order valence-electron chi connectivity index (χ1n) is 15.6. The molecule has 0 unspecified atom stereocenters. The molecule has 5 aliphatic rings. The number of allylic oxidation sites excluding steroid dienone is 4. The zero-order valence-electron chi connectivity index (χ0n) is 24.7. The Labute approximate surface area is 231 Å². The molecule has 1 aliphatic heterocycles. The lowest BCUT2D eigenvalue weighted by Gasteiger charge is -2.58. The van der Waals surface area contributed by atoms with Crippen LogP contribution in [0.25, 0.3) is 0 Å². The number of hydrogen-bond donors (Lipinski definition) is 3. The molecule has 5 nitrogen and oxygen atoms in total. The largest absolute Gasteiger partial charge is 0.388 e. The van der Waals surface area contributed by atoms with E-state index in [1.54, 1.807) is 5.57 Å². The summed E-state index contributed by atoms with van der Waals surface area (Å²) in [6, 6.07) is 0. The number of ether oxygens (including phenoxy) is 2. The van der Waals surface area contributed by atoms with Crippen LogP contribution in [0, 0.1) is 52.3 Å². The van der Waals surface area contributed by atoms with Crippen LogP contribution in [-0.4, -0.2) is 52.6 Å². The van der Waals surface area contributed by atoms with Crippen LogP contribution >= 0.6 is 0 Å². The summed E-state index contributed by atoms with van der Waals surface area (Å²) in [5, 5.41) is 30.2. The smallest absolute Gasteiger partial charge is 0.186 e. The predicted octanol–water partition coefficient (Wildman–Crippen LogP) is 5.87. The van der Waals surface area contributed by atoms with Gasteiger partial charge in [-0.1, -0.05) is 65.3 Å². The molecule has 0 aromatic heterocycles. The zero-order chi connectivity index (χ0) is 27.4. The summed E-state index contributed by atoms with van der Waals surface area (Å²) in [7, 11) is 0. The first-order chi connectivity index (χ1) is 18.0. The van der Waals surface area contributed by atoms with Crippen molar-refractivity contribution in [2.75, 3.05) is 6.61 Å². The zero-order valence-corrected chi connectivity index (χ0v) is 24.7. The van der Waals surface area contributed by atoms with E-state index in [9.17, 15) is 15.3 Å². The third kappa shape index (κ3) is 4.98. The van der Waals surface area contributed by atoms with Crippen LogP contribution < -0.4 is 0 Å². The Balaban J connectivity index is 1.26. The number of fused-ring (bicyclic) bond motifs is 5. The molecule has 0 amide bonds. The van der Waals surface area contributed by atoms with Gasteiger partial charge in [-0.3, -0.25) is 0 Å². The molecule has 1 heterocycles. The molecule has 4 fully saturated rings. The van der Waals surface area contributed by atoms with Crippen LogP contribution in [0.5, 0.6) is 0 Å². The molecule has 5 rings (SSSR count). The Morgan fingerprint density at radius 1 is 0.921 bits per heavy atom. The molecule has 38 heavy (non-hydrogen) atoms. The van der Waals surface area contributed by atoms with Gasteiger partial charge in [-0.25, -0.2) is 0 Å². The van der Waals surface area contributed by atoms with Gasteiger partial charge in [0.25, 0.3) is 0 Å². The Morgan fingerprint density at radius 2 is 1.63 bits per heavy atom. The molecule has 3 saturated carbocycles. The summed E-state index contributed by atoms with van der Waals surface area (Å²) in [5.74, 6) is 4.74. The van der Waals surface area contributed by atoms with Crippen molar-refractivity contribution in [1.29, 1.82) is 0 Å². The summed E-state index contributed by atoms with van der Waals surface area (Å²) >= 11 is 0. The molecule has 13 atom stereocenters. The third-order valence-corrected chi connectivity index (χ3v) is 12.3. The van der Waals surface area contributed by atoms with E-state index < -0.39 is 24.6 Å². The number of rotatable bonds is 6. The van der Waals surface area contributed by atoms with Crippen LogP contribution in [0.3, 0.4) is 0 Å². The van der Waals surface area contributed by atoms with Gasteiger partial charge in [0.1, 0.15) is 18.3 Å². The molecule has 0 aromatic rings. The predicted molar refractivity (Wildman–Crippen MR) is 150 cm³/mol. The normalized spacial score (nSPS) is 48.8. The van der Waals surface area contributed by atoms with E-state index in [0.29, 0.717) is 40.4 Å². The summed E-state index contributed by atoms with van der Waals surface area (Å²) in [6.07, 6.45) is 12.9.